The molecule has 0 spiro atoms. The molecule has 0 saturated heterocycles. The molecule has 1 aromatic heterocycles. The summed E-state index contributed by atoms with van der Waals surface area (Å²) >= 11 is 0. The number of anilines is 1. The van der Waals surface area contributed by atoms with Gasteiger partial charge in [-0.2, -0.15) is 0 Å². The number of fused-ring (bicyclic) bond motifs is 1. The molecule has 5 heteroatoms. The van der Waals surface area contributed by atoms with Crippen molar-refractivity contribution in [3.63, 3.8) is 0 Å². The largest absolute Gasteiger partial charge is 0.352 e. The molecule has 148 valence electrons. The van der Waals surface area contributed by atoms with Gasteiger partial charge in [-0.05, 0) is 30.9 Å². The zero-order chi connectivity index (χ0) is 20.2. The maximum absolute atomic E-state index is 12.8. The first-order valence-corrected chi connectivity index (χ1v) is 10.2. The zero-order valence-corrected chi connectivity index (χ0v) is 17.0. The van der Waals surface area contributed by atoms with Gasteiger partial charge in [-0.15, -0.1) is 0 Å². The Kier molecular flexibility index (Phi) is 5.56. The van der Waals surface area contributed by atoms with Crippen LogP contribution in [0.5, 0.6) is 0 Å². The van der Waals surface area contributed by atoms with Crippen LogP contribution in [0.15, 0.2) is 54.7 Å². The number of carbonyl (C=O) groups is 1. The summed E-state index contributed by atoms with van der Waals surface area (Å²) in [7, 11) is 0. The second-order valence-corrected chi connectivity index (χ2v) is 7.49. The lowest BCUT2D eigenvalue weighted by Gasteiger charge is -2.31. The topological polar surface area (TPSA) is 58.1 Å². The molecule has 2 aromatic carbocycles. The number of benzene rings is 2. The van der Waals surface area contributed by atoms with E-state index in [1.807, 2.05) is 19.1 Å². The van der Waals surface area contributed by atoms with Crippen LogP contribution in [0.2, 0.25) is 0 Å². The van der Waals surface area contributed by atoms with Gasteiger partial charge in [0, 0.05) is 31.4 Å². The number of aryl methyl sites for hydroxylation is 1. The van der Waals surface area contributed by atoms with Crippen LogP contribution in [0.25, 0.3) is 11.4 Å². The van der Waals surface area contributed by atoms with Crippen LogP contribution in [0, 0.1) is 6.92 Å². The van der Waals surface area contributed by atoms with E-state index in [1.54, 1.807) is 6.20 Å². The Labute approximate surface area is 171 Å². The summed E-state index contributed by atoms with van der Waals surface area (Å²) in [5.74, 6) is 1.24. The lowest BCUT2D eigenvalue weighted by atomic mass is 9.99. The van der Waals surface area contributed by atoms with Crippen LogP contribution < -0.4 is 10.2 Å². The van der Waals surface area contributed by atoms with Crippen LogP contribution in [-0.4, -0.2) is 29.0 Å². The Hall–Kier alpha value is -3.21. The molecule has 0 atom stereocenters. The maximum atomic E-state index is 12.8. The van der Waals surface area contributed by atoms with E-state index in [-0.39, 0.29) is 5.91 Å². The third kappa shape index (κ3) is 4.14. The third-order valence-electron chi connectivity index (χ3n) is 5.29. The summed E-state index contributed by atoms with van der Waals surface area (Å²) < 4.78 is 0. The predicted molar refractivity (Wildman–Crippen MR) is 116 cm³/mol. The summed E-state index contributed by atoms with van der Waals surface area (Å²) in [6, 6.07) is 16.6. The number of aromatic nitrogens is 2. The van der Waals surface area contributed by atoms with Crippen molar-refractivity contribution in [1.29, 1.82) is 0 Å². The Balaban J connectivity index is 1.73. The van der Waals surface area contributed by atoms with Crippen molar-refractivity contribution in [2.45, 2.75) is 33.2 Å². The molecule has 4 rings (SSSR count). The first kappa shape index (κ1) is 19.1. The number of hydrogen-bond acceptors (Lipinski definition) is 4. The number of carbonyl (C=O) groups excluding carboxylic acids is 1. The van der Waals surface area contributed by atoms with Crippen LogP contribution in [0.1, 0.15) is 40.4 Å². The monoisotopic (exact) mass is 386 g/mol. The molecule has 1 aliphatic rings. The first-order valence-electron chi connectivity index (χ1n) is 10.2. The molecule has 0 radical (unpaired) electrons. The maximum Gasteiger partial charge on any atom is 0.256 e. The summed E-state index contributed by atoms with van der Waals surface area (Å²) in [6.07, 6.45) is 3.50. The van der Waals surface area contributed by atoms with Crippen molar-refractivity contribution >= 4 is 11.7 Å². The summed E-state index contributed by atoms with van der Waals surface area (Å²) in [4.78, 5) is 24.3. The molecule has 1 aliphatic heterocycles. The summed E-state index contributed by atoms with van der Waals surface area (Å²) in [5, 5.41) is 2.97. The van der Waals surface area contributed by atoms with E-state index in [2.05, 4.69) is 58.5 Å². The molecule has 0 fully saturated rings. The molecule has 1 amide bonds. The standard InChI is InChI=1S/C24H26N4O/c1-3-13-25-24(29)21-15-26-22(19-10-8-17(2)9-11-19)27-23(21)28-14-12-18-6-4-5-7-20(18)16-28/h4-11,15H,3,12-14,16H2,1-2H3,(H,25,29). The molecular weight excluding hydrogens is 360 g/mol. The normalized spacial score (nSPS) is 13.1. The highest BCUT2D eigenvalue weighted by molar-refractivity contribution is 5.99. The predicted octanol–water partition coefficient (Wildman–Crippen LogP) is 4.15. The van der Waals surface area contributed by atoms with E-state index < -0.39 is 0 Å². The Morgan fingerprint density at radius 2 is 1.86 bits per heavy atom. The average Bonchev–Trinajstić information content (AvgIpc) is 2.77. The Morgan fingerprint density at radius 3 is 2.62 bits per heavy atom. The van der Waals surface area contributed by atoms with Gasteiger partial charge in [-0.25, -0.2) is 9.97 Å². The van der Waals surface area contributed by atoms with E-state index in [1.165, 1.54) is 16.7 Å². The number of amides is 1. The summed E-state index contributed by atoms with van der Waals surface area (Å²) in [6.45, 7) is 6.31. The fourth-order valence-electron chi connectivity index (χ4n) is 3.63. The first-order chi connectivity index (χ1) is 14.2. The van der Waals surface area contributed by atoms with Gasteiger partial charge >= 0.3 is 0 Å². The van der Waals surface area contributed by atoms with Gasteiger partial charge < -0.3 is 10.2 Å². The Morgan fingerprint density at radius 1 is 1.10 bits per heavy atom. The molecule has 5 nitrogen and oxygen atoms in total. The second-order valence-electron chi connectivity index (χ2n) is 7.49. The number of nitrogens with zero attached hydrogens (tertiary/aromatic N) is 3. The third-order valence-corrected chi connectivity index (χ3v) is 5.29. The van der Waals surface area contributed by atoms with Crippen molar-refractivity contribution in [1.82, 2.24) is 15.3 Å². The lowest BCUT2D eigenvalue weighted by molar-refractivity contribution is 0.0953. The van der Waals surface area contributed by atoms with Crippen molar-refractivity contribution in [2.24, 2.45) is 0 Å². The molecule has 0 bridgehead atoms. The van der Waals surface area contributed by atoms with Crippen molar-refractivity contribution < 1.29 is 4.79 Å². The Bertz CT molecular complexity index is 1010. The van der Waals surface area contributed by atoms with Crippen molar-refractivity contribution in [3.8, 4) is 11.4 Å². The number of rotatable bonds is 5. The van der Waals surface area contributed by atoms with Gasteiger partial charge in [-0.3, -0.25) is 4.79 Å². The highest BCUT2D eigenvalue weighted by atomic mass is 16.1. The van der Waals surface area contributed by atoms with Gasteiger partial charge in [0.05, 0.1) is 0 Å². The van der Waals surface area contributed by atoms with E-state index in [4.69, 9.17) is 4.98 Å². The van der Waals surface area contributed by atoms with E-state index >= 15 is 0 Å². The average molecular weight is 386 g/mol. The van der Waals surface area contributed by atoms with E-state index in [0.29, 0.717) is 23.8 Å². The van der Waals surface area contributed by atoms with Gasteiger partial charge in [0.25, 0.3) is 5.91 Å². The molecule has 2 heterocycles. The molecular formula is C24H26N4O. The molecule has 3 aromatic rings. The quantitative estimate of drug-likeness (QED) is 0.715. The number of nitrogens with one attached hydrogen (secondary N) is 1. The van der Waals surface area contributed by atoms with Gasteiger partial charge in [0.15, 0.2) is 5.82 Å². The molecule has 0 saturated carbocycles. The van der Waals surface area contributed by atoms with Crippen LogP contribution >= 0.6 is 0 Å². The fraction of sp³-hybridized carbons (Fsp3) is 0.292. The van der Waals surface area contributed by atoms with Crippen LogP contribution in [-0.2, 0) is 13.0 Å². The lowest BCUT2D eigenvalue weighted by Crippen LogP contribution is -2.34. The van der Waals surface area contributed by atoms with Gasteiger partial charge in [0.2, 0.25) is 0 Å². The van der Waals surface area contributed by atoms with E-state index in [0.717, 1.165) is 31.5 Å². The van der Waals surface area contributed by atoms with Crippen LogP contribution in [0.3, 0.4) is 0 Å². The van der Waals surface area contributed by atoms with Crippen molar-refractivity contribution in [2.75, 3.05) is 18.0 Å². The second kappa shape index (κ2) is 8.43. The molecule has 0 aliphatic carbocycles. The smallest absolute Gasteiger partial charge is 0.256 e. The minimum atomic E-state index is -0.115. The molecule has 0 unspecified atom stereocenters. The fourth-order valence-corrected chi connectivity index (χ4v) is 3.63. The zero-order valence-electron chi connectivity index (χ0n) is 17.0. The van der Waals surface area contributed by atoms with E-state index in [9.17, 15) is 4.79 Å². The van der Waals surface area contributed by atoms with Gasteiger partial charge in [0.1, 0.15) is 11.4 Å². The molecule has 29 heavy (non-hydrogen) atoms. The highest BCUT2D eigenvalue weighted by Gasteiger charge is 2.23. The highest BCUT2D eigenvalue weighted by Crippen LogP contribution is 2.28. The SMILES string of the molecule is CCCNC(=O)c1cnc(-c2ccc(C)cc2)nc1N1CCc2ccccc2C1. The number of hydrogen-bond donors (Lipinski definition) is 1. The minimum Gasteiger partial charge on any atom is -0.352 e. The summed E-state index contributed by atoms with van der Waals surface area (Å²) in [5.41, 5.74) is 5.34. The van der Waals surface area contributed by atoms with Crippen LogP contribution in [0.4, 0.5) is 5.82 Å². The molecule has 1 N–H and O–H groups in total. The van der Waals surface area contributed by atoms with Crippen molar-refractivity contribution in [3.05, 3.63) is 77.0 Å². The van der Waals surface area contributed by atoms with Gasteiger partial charge in [-0.1, -0.05) is 61.0 Å². The minimum absolute atomic E-state index is 0.115.